The molecule has 2 aromatic rings. The second-order valence-corrected chi connectivity index (χ2v) is 9.29. The molecule has 0 unspecified atom stereocenters. The molecular formula is C21H24N2O5S. The van der Waals surface area contributed by atoms with E-state index in [1.807, 2.05) is 23.1 Å². The van der Waals surface area contributed by atoms with Crippen molar-refractivity contribution in [2.75, 3.05) is 37.9 Å². The number of methoxy groups -OCH3 is 2. The number of fused-ring (bicyclic) bond motifs is 2. The molecule has 0 aliphatic carbocycles. The third-order valence-corrected chi connectivity index (χ3v) is 6.76. The lowest BCUT2D eigenvalue weighted by Gasteiger charge is -2.30. The Morgan fingerprint density at radius 3 is 2.24 bits per heavy atom. The lowest BCUT2D eigenvalue weighted by molar-refractivity contribution is 0.0734. The summed E-state index contributed by atoms with van der Waals surface area (Å²) in [5, 5.41) is 0. The maximum atomic E-state index is 13.1. The predicted octanol–water partition coefficient (Wildman–Crippen LogP) is 2.22. The molecule has 154 valence electrons. The van der Waals surface area contributed by atoms with Crippen molar-refractivity contribution in [3.8, 4) is 11.5 Å². The van der Waals surface area contributed by atoms with Crippen LogP contribution in [0.15, 0.2) is 30.3 Å². The molecule has 0 bridgehead atoms. The van der Waals surface area contributed by atoms with E-state index in [4.69, 9.17) is 9.47 Å². The summed E-state index contributed by atoms with van der Waals surface area (Å²) < 4.78 is 36.0. The molecule has 0 saturated carbocycles. The van der Waals surface area contributed by atoms with Crippen molar-refractivity contribution in [2.24, 2.45) is 0 Å². The second-order valence-electron chi connectivity index (χ2n) is 7.38. The van der Waals surface area contributed by atoms with Crippen LogP contribution in [0.5, 0.6) is 11.5 Å². The number of sulfonamides is 1. The quantitative estimate of drug-likeness (QED) is 0.764. The number of carbonyl (C=O) groups is 1. The largest absolute Gasteiger partial charge is 0.493 e. The van der Waals surface area contributed by atoms with Crippen molar-refractivity contribution in [3.63, 3.8) is 0 Å². The van der Waals surface area contributed by atoms with Crippen LogP contribution in [0.1, 0.15) is 27.0 Å². The van der Waals surface area contributed by atoms with E-state index in [1.165, 1.54) is 10.6 Å². The zero-order chi connectivity index (χ0) is 20.8. The summed E-state index contributed by atoms with van der Waals surface area (Å²) >= 11 is 0. The highest BCUT2D eigenvalue weighted by Crippen LogP contribution is 2.34. The highest BCUT2D eigenvalue weighted by Gasteiger charge is 2.28. The minimum absolute atomic E-state index is 0.0500. The maximum Gasteiger partial charge on any atom is 0.254 e. The molecule has 2 aromatic carbocycles. The number of benzene rings is 2. The molecule has 2 aliphatic rings. The summed E-state index contributed by atoms with van der Waals surface area (Å²) in [6, 6.07) is 9.19. The highest BCUT2D eigenvalue weighted by atomic mass is 32.2. The van der Waals surface area contributed by atoms with Crippen molar-refractivity contribution in [1.29, 1.82) is 0 Å². The Morgan fingerprint density at radius 1 is 0.931 bits per heavy atom. The molecule has 1 amide bonds. The zero-order valence-electron chi connectivity index (χ0n) is 16.8. The van der Waals surface area contributed by atoms with Crippen molar-refractivity contribution in [2.45, 2.75) is 19.4 Å². The number of hydrogen-bond donors (Lipinski definition) is 0. The van der Waals surface area contributed by atoms with Gasteiger partial charge in [0.25, 0.3) is 5.91 Å². The molecule has 0 atom stereocenters. The first kappa shape index (κ1) is 19.6. The number of amides is 1. The van der Waals surface area contributed by atoms with Gasteiger partial charge >= 0.3 is 0 Å². The summed E-state index contributed by atoms with van der Waals surface area (Å²) in [6.07, 6.45) is 2.56. The monoisotopic (exact) mass is 416 g/mol. The molecule has 0 saturated heterocycles. The van der Waals surface area contributed by atoms with Crippen LogP contribution < -0.4 is 13.8 Å². The van der Waals surface area contributed by atoms with Gasteiger partial charge in [0, 0.05) is 25.2 Å². The summed E-state index contributed by atoms with van der Waals surface area (Å²) in [7, 11) is -0.0892. The fourth-order valence-electron chi connectivity index (χ4n) is 4.09. The lowest BCUT2D eigenvalue weighted by atomic mass is 9.98. The molecule has 0 spiro atoms. The van der Waals surface area contributed by atoms with Gasteiger partial charge in [-0.15, -0.1) is 0 Å². The minimum Gasteiger partial charge on any atom is -0.493 e. The van der Waals surface area contributed by atoms with Gasteiger partial charge in [0.1, 0.15) is 0 Å². The van der Waals surface area contributed by atoms with Crippen LogP contribution in [0.25, 0.3) is 0 Å². The molecule has 0 N–H and O–H groups in total. The van der Waals surface area contributed by atoms with Gasteiger partial charge < -0.3 is 14.4 Å². The summed E-state index contributed by atoms with van der Waals surface area (Å²) in [4.78, 5) is 14.9. The number of anilines is 1. The molecule has 4 rings (SSSR count). The highest BCUT2D eigenvalue weighted by molar-refractivity contribution is 7.92. The Kier molecular flexibility index (Phi) is 4.90. The van der Waals surface area contributed by atoms with Crippen LogP contribution in [0.4, 0.5) is 5.69 Å². The number of ether oxygens (including phenoxy) is 2. The standard InChI is InChI=1S/C21H24N2O5S/c1-27-19-11-14-6-8-22(13-17(14)12-20(19)28-2)21(24)16-4-5-18-15(10-16)7-9-23(18)29(3,25)26/h4-5,10-12H,6-9,13H2,1-3H3. The van der Waals surface area contributed by atoms with E-state index < -0.39 is 10.0 Å². The first-order valence-electron chi connectivity index (χ1n) is 9.45. The van der Waals surface area contributed by atoms with Crippen LogP contribution in [-0.2, 0) is 29.4 Å². The summed E-state index contributed by atoms with van der Waals surface area (Å²) in [5.41, 5.74) is 4.36. The normalized spacial score (nSPS) is 15.7. The molecule has 29 heavy (non-hydrogen) atoms. The van der Waals surface area contributed by atoms with Crippen molar-refractivity contribution in [1.82, 2.24) is 4.90 Å². The Hall–Kier alpha value is -2.74. The molecule has 0 radical (unpaired) electrons. The van der Waals surface area contributed by atoms with Crippen molar-refractivity contribution >= 4 is 21.6 Å². The Balaban J connectivity index is 1.58. The van der Waals surface area contributed by atoms with Crippen molar-refractivity contribution < 1.29 is 22.7 Å². The number of hydrogen-bond acceptors (Lipinski definition) is 5. The van der Waals surface area contributed by atoms with Gasteiger partial charge in [-0.1, -0.05) is 0 Å². The van der Waals surface area contributed by atoms with Gasteiger partial charge in [-0.2, -0.15) is 0 Å². The van der Waals surface area contributed by atoms with Gasteiger partial charge in [0.05, 0.1) is 26.2 Å². The average molecular weight is 416 g/mol. The fraction of sp³-hybridized carbons (Fsp3) is 0.381. The van der Waals surface area contributed by atoms with E-state index >= 15 is 0 Å². The van der Waals surface area contributed by atoms with Crippen LogP contribution >= 0.6 is 0 Å². The lowest BCUT2D eigenvalue weighted by Crippen LogP contribution is -2.36. The maximum absolute atomic E-state index is 13.1. The molecule has 2 aliphatic heterocycles. The van der Waals surface area contributed by atoms with E-state index in [-0.39, 0.29) is 5.91 Å². The molecule has 0 fully saturated rings. The first-order valence-corrected chi connectivity index (χ1v) is 11.3. The van der Waals surface area contributed by atoms with Crippen molar-refractivity contribution in [3.05, 3.63) is 52.6 Å². The Morgan fingerprint density at radius 2 is 1.59 bits per heavy atom. The van der Waals surface area contributed by atoms with Crippen LogP contribution in [-0.4, -0.2) is 52.8 Å². The fourth-order valence-corrected chi connectivity index (χ4v) is 5.05. The predicted molar refractivity (Wildman–Crippen MR) is 110 cm³/mol. The Bertz CT molecular complexity index is 1080. The average Bonchev–Trinajstić information content (AvgIpc) is 3.15. The minimum atomic E-state index is -3.30. The first-order chi connectivity index (χ1) is 13.8. The van der Waals surface area contributed by atoms with Gasteiger partial charge in [-0.25, -0.2) is 8.42 Å². The van der Waals surface area contributed by atoms with E-state index in [9.17, 15) is 13.2 Å². The molecule has 0 aromatic heterocycles. The van der Waals surface area contributed by atoms with Gasteiger partial charge in [-0.05, 0) is 59.9 Å². The van der Waals surface area contributed by atoms with Gasteiger partial charge in [-0.3, -0.25) is 9.10 Å². The van der Waals surface area contributed by atoms with Crippen LogP contribution in [0, 0.1) is 0 Å². The molecular weight excluding hydrogens is 392 g/mol. The van der Waals surface area contributed by atoms with E-state index in [0.717, 1.165) is 23.1 Å². The molecule has 2 heterocycles. The van der Waals surface area contributed by atoms with E-state index in [0.29, 0.717) is 48.8 Å². The van der Waals surface area contributed by atoms with Crippen LogP contribution in [0.2, 0.25) is 0 Å². The van der Waals surface area contributed by atoms with E-state index in [2.05, 4.69) is 0 Å². The number of rotatable bonds is 4. The van der Waals surface area contributed by atoms with Gasteiger partial charge in [0.2, 0.25) is 10.0 Å². The third-order valence-electron chi connectivity index (χ3n) is 5.58. The second kappa shape index (κ2) is 7.26. The smallest absolute Gasteiger partial charge is 0.254 e. The Labute approximate surface area is 170 Å². The topological polar surface area (TPSA) is 76.2 Å². The van der Waals surface area contributed by atoms with E-state index in [1.54, 1.807) is 26.4 Å². The molecule has 8 heteroatoms. The van der Waals surface area contributed by atoms with Crippen LogP contribution in [0.3, 0.4) is 0 Å². The summed E-state index contributed by atoms with van der Waals surface area (Å²) in [6.45, 7) is 1.54. The SMILES string of the molecule is COc1cc2c(cc1OC)CN(C(=O)c1ccc3c(c1)CCN3S(C)(=O)=O)CC2. The van der Waals surface area contributed by atoms with Gasteiger partial charge in [0.15, 0.2) is 11.5 Å². The number of nitrogens with zero attached hydrogens (tertiary/aromatic N) is 2. The third kappa shape index (κ3) is 3.53. The summed E-state index contributed by atoms with van der Waals surface area (Å²) in [5.74, 6) is 1.30. The number of carbonyl (C=O) groups excluding carboxylic acids is 1. The zero-order valence-corrected chi connectivity index (χ0v) is 17.6. The molecule has 7 nitrogen and oxygen atoms in total.